The van der Waals surface area contributed by atoms with Crippen LogP contribution >= 0.6 is 34.8 Å². The van der Waals surface area contributed by atoms with Gasteiger partial charge in [0.25, 0.3) is 0 Å². The first kappa shape index (κ1) is 15.7. The lowest BCUT2D eigenvalue weighted by atomic mass is 10.1. The predicted molar refractivity (Wildman–Crippen MR) is 87.9 cm³/mol. The summed E-state index contributed by atoms with van der Waals surface area (Å²) in [4.78, 5) is 0. The quantitative estimate of drug-likeness (QED) is 0.747. The summed E-state index contributed by atoms with van der Waals surface area (Å²) in [6.45, 7) is 4.84. The van der Waals surface area contributed by atoms with Crippen molar-refractivity contribution in [2.75, 3.05) is 0 Å². The lowest BCUT2D eigenvalue weighted by Gasteiger charge is -2.15. The third-order valence-electron chi connectivity index (χ3n) is 3.29. The lowest BCUT2D eigenvalue weighted by Crippen LogP contribution is -2.18. The summed E-state index contributed by atoms with van der Waals surface area (Å²) in [6.07, 6.45) is 0. The second-order valence-corrected chi connectivity index (χ2v) is 6.08. The first-order chi connectivity index (χ1) is 9.47. The zero-order valence-corrected chi connectivity index (χ0v) is 13.7. The Hall–Kier alpha value is -0.730. The Bertz CT molecular complexity index is 611. The minimum Gasteiger partial charge on any atom is -0.306 e. The van der Waals surface area contributed by atoms with Crippen LogP contribution in [0, 0.1) is 6.92 Å². The molecule has 1 atom stereocenters. The Kier molecular flexibility index (Phi) is 5.34. The third-order valence-corrected chi connectivity index (χ3v) is 4.44. The van der Waals surface area contributed by atoms with Gasteiger partial charge in [-0.15, -0.1) is 0 Å². The van der Waals surface area contributed by atoms with Crippen molar-refractivity contribution in [2.24, 2.45) is 0 Å². The Morgan fingerprint density at radius 2 is 1.70 bits per heavy atom. The van der Waals surface area contributed by atoms with Gasteiger partial charge in [-0.3, -0.25) is 0 Å². The average Bonchev–Trinajstić information content (AvgIpc) is 2.43. The van der Waals surface area contributed by atoms with Gasteiger partial charge in [0.1, 0.15) is 0 Å². The molecule has 2 aromatic rings. The summed E-state index contributed by atoms with van der Waals surface area (Å²) in [7, 11) is 0. The van der Waals surface area contributed by atoms with Crippen LogP contribution in [0.1, 0.15) is 29.7 Å². The van der Waals surface area contributed by atoms with Gasteiger partial charge in [0.05, 0.1) is 10.0 Å². The minimum atomic E-state index is 0.185. The fraction of sp³-hybridized carbons (Fsp3) is 0.250. The summed E-state index contributed by atoms with van der Waals surface area (Å²) in [6, 6.07) is 12.0. The number of hydrogen-bond donors (Lipinski definition) is 1. The maximum Gasteiger partial charge on any atom is 0.0595 e. The van der Waals surface area contributed by atoms with Crippen molar-refractivity contribution >= 4 is 34.8 Å². The van der Waals surface area contributed by atoms with E-state index in [9.17, 15) is 0 Å². The van der Waals surface area contributed by atoms with Crippen LogP contribution in [-0.2, 0) is 6.54 Å². The Morgan fingerprint density at radius 1 is 0.950 bits per heavy atom. The van der Waals surface area contributed by atoms with Crippen molar-refractivity contribution in [1.82, 2.24) is 5.32 Å². The topological polar surface area (TPSA) is 12.0 Å². The third kappa shape index (κ3) is 3.89. The van der Waals surface area contributed by atoms with Gasteiger partial charge in [-0.25, -0.2) is 0 Å². The summed E-state index contributed by atoms with van der Waals surface area (Å²) in [5.74, 6) is 0. The molecular formula is C16H16Cl3N. The summed E-state index contributed by atoms with van der Waals surface area (Å²) in [5.41, 5.74) is 3.36. The van der Waals surface area contributed by atoms with Crippen molar-refractivity contribution in [3.63, 3.8) is 0 Å². The number of rotatable bonds is 4. The largest absolute Gasteiger partial charge is 0.306 e. The highest BCUT2D eigenvalue weighted by molar-refractivity contribution is 6.42. The van der Waals surface area contributed by atoms with E-state index < -0.39 is 0 Å². The standard InChI is InChI=1S/C16H16Cl3N/c1-10-3-4-12(7-15(10)18)9-20-11(2)13-5-6-14(17)16(19)8-13/h3-8,11,20H,9H2,1-2H3. The Morgan fingerprint density at radius 3 is 2.35 bits per heavy atom. The lowest BCUT2D eigenvalue weighted by molar-refractivity contribution is 0.575. The summed E-state index contributed by atoms with van der Waals surface area (Å²) < 4.78 is 0. The predicted octanol–water partition coefficient (Wildman–Crippen LogP) is 5.81. The highest BCUT2D eigenvalue weighted by atomic mass is 35.5. The van der Waals surface area contributed by atoms with Crippen molar-refractivity contribution in [2.45, 2.75) is 26.4 Å². The van der Waals surface area contributed by atoms with Crippen LogP contribution in [0.15, 0.2) is 36.4 Å². The van der Waals surface area contributed by atoms with E-state index in [0.717, 1.165) is 28.3 Å². The van der Waals surface area contributed by atoms with Gasteiger partial charge in [-0.2, -0.15) is 0 Å². The zero-order valence-electron chi connectivity index (χ0n) is 11.4. The highest BCUT2D eigenvalue weighted by Gasteiger charge is 2.07. The number of aryl methyl sites for hydroxylation is 1. The second kappa shape index (κ2) is 6.82. The molecule has 0 aliphatic rings. The van der Waals surface area contributed by atoms with Crippen LogP contribution in [-0.4, -0.2) is 0 Å². The molecule has 1 unspecified atom stereocenters. The van der Waals surface area contributed by atoms with Gasteiger partial charge in [-0.1, -0.05) is 53.0 Å². The van der Waals surface area contributed by atoms with E-state index in [2.05, 4.69) is 18.3 Å². The summed E-state index contributed by atoms with van der Waals surface area (Å²) >= 11 is 18.1. The first-order valence-corrected chi connectivity index (χ1v) is 7.54. The van der Waals surface area contributed by atoms with Crippen molar-refractivity contribution in [3.8, 4) is 0 Å². The molecule has 20 heavy (non-hydrogen) atoms. The van der Waals surface area contributed by atoms with Gasteiger partial charge < -0.3 is 5.32 Å². The molecule has 4 heteroatoms. The van der Waals surface area contributed by atoms with Crippen LogP contribution in [0.2, 0.25) is 15.1 Å². The Balaban J connectivity index is 2.02. The molecule has 0 spiro atoms. The van der Waals surface area contributed by atoms with Crippen molar-refractivity contribution < 1.29 is 0 Å². The van der Waals surface area contributed by atoms with E-state index in [-0.39, 0.29) is 6.04 Å². The van der Waals surface area contributed by atoms with Crippen molar-refractivity contribution in [1.29, 1.82) is 0 Å². The Labute approximate surface area is 134 Å². The first-order valence-electron chi connectivity index (χ1n) is 6.40. The molecule has 0 heterocycles. The number of nitrogens with one attached hydrogen (secondary N) is 1. The van der Waals surface area contributed by atoms with Gasteiger partial charge in [0.2, 0.25) is 0 Å². The molecule has 0 fully saturated rings. The molecule has 1 N–H and O–H groups in total. The van der Waals surface area contributed by atoms with E-state index >= 15 is 0 Å². The molecule has 0 amide bonds. The molecule has 1 nitrogen and oxygen atoms in total. The van der Waals surface area contributed by atoms with Gasteiger partial charge in [0, 0.05) is 17.6 Å². The smallest absolute Gasteiger partial charge is 0.0595 e. The van der Waals surface area contributed by atoms with E-state index in [1.54, 1.807) is 0 Å². The van der Waals surface area contributed by atoms with Gasteiger partial charge in [0.15, 0.2) is 0 Å². The number of hydrogen-bond acceptors (Lipinski definition) is 1. The van der Waals surface area contributed by atoms with Crippen LogP contribution < -0.4 is 5.32 Å². The molecule has 0 saturated carbocycles. The van der Waals surface area contributed by atoms with Crippen molar-refractivity contribution in [3.05, 3.63) is 68.2 Å². The maximum atomic E-state index is 6.12. The fourth-order valence-electron chi connectivity index (χ4n) is 1.92. The number of halogens is 3. The second-order valence-electron chi connectivity index (χ2n) is 4.86. The molecule has 2 rings (SSSR count). The van der Waals surface area contributed by atoms with Crippen LogP contribution in [0.3, 0.4) is 0 Å². The molecule has 106 valence electrons. The van der Waals surface area contributed by atoms with E-state index in [4.69, 9.17) is 34.8 Å². The van der Waals surface area contributed by atoms with E-state index in [1.165, 1.54) is 0 Å². The summed E-state index contributed by atoms with van der Waals surface area (Å²) in [5, 5.41) is 5.40. The highest BCUT2D eigenvalue weighted by Crippen LogP contribution is 2.25. The van der Waals surface area contributed by atoms with E-state index in [1.807, 2.05) is 37.3 Å². The minimum absolute atomic E-state index is 0.185. The molecular weight excluding hydrogens is 313 g/mol. The van der Waals surface area contributed by atoms with Crippen LogP contribution in [0.25, 0.3) is 0 Å². The zero-order chi connectivity index (χ0) is 14.7. The molecule has 0 bridgehead atoms. The SMILES string of the molecule is Cc1ccc(CNC(C)c2ccc(Cl)c(Cl)c2)cc1Cl. The molecule has 0 aliphatic heterocycles. The monoisotopic (exact) mass is 327 g/mol. The van der Waals surface area contributed by atoms with Crippen LogP contribution in [0.5, 0.6) is 0 Å². The van der Waals surface area contributed by atoms with Gasteiger partial charge >= 0.3 is 0 Å². The molecule has 0 aromatic heterocycles. The molecule has 0 saturated heterocycles. The molecule has 2 aromatic carbocycles. The molecule has 0 aliphatic carbocycles. The average molecular weight is 329 g/mol. The fourth-order valence-corrected chi connectivity index (χ4v) is 2.43. The van der Waals surface area contributed by atoms with Crippen LogP contribution in [0.4, 0.5) is 0 Å². The maximum absolute atomic E-state index is 6.12. The normalized spacial score (nSPS) is 12.4. The molecule has 0 radical (unpaired) electrons. The number of benzene rings is 2. The van der Waals surface area contributed by atoms with E-state index in [0.29, 0.717) is 10.0 Å². The van der Waals surface area contributed by atoms with Gasteiger partial charge in [-0.05, 0) is 48.7 Å².